The van der Waals surface area contributed by atoms with Gasteiger partial charge in [-0.15, -0.1) is 0 Å². The molecule has 0 aliphatic heterocycles. The normalized spacial score (nSPS) is 10.2. The Morgan fingerprint density at radius 3 is 3.00 bits per heavy atom. The third-order valence-corrected chi connectivity index (χ3v) is 2.21. The van der Waals surface area contributed by atoms with Gasteiger partial charge in [-0.2, -0.15) is 0 Å². The summed E-state index contributed by atoms with van der Waals surface area (Å²) in [5.41, 5.74) is 1.16. The Bertz CT molecular complexity index is 269. The predicted molar refractivity (Wildman–Crippen MR) is 60.7 cm³/mol. The molecule has 1 aromatic heterocycles. The van der Waals surface area contributed by atoms with Crippen LogP contribution in [-0.4, -0.2) is 31.0 Å². The minimum absolute atomic E-state index is 0.136. The minimum atomic E-state index is 0.136. The zero-order valence-electron chi connectivity index (χ0n) is 9.18. The van der Waals surface area contributed by atoms with E-state index in [1.165, 1.54) is 0 Å². The van der Waals surface area contributed by atoms with E-state index >= 15 is 0 Å². The molecule has 1 rings (SSSR count). The number of hydrogen-bond donors (Lipinski definition) is 3. The molecule has 0 aromatic carbocycles. The van der Waals surface area contributed by atoms with Crippen LogP contribution in [0.2, 0.25) is 0 Å². The smallest absolute Gasteiger partial charge is 0.220 e. The van der Waals surface area contributed by atoms with Crippen LogP contribution in [0.1, 0.15) is 18.5 Å². The maximum atomic E-state index is 11.3. The summed E-state index contributed by atoms with van der Waals surface area (Å²) in [4.78, 5) is 14.4. The molecule has 3 N–H and O–H groups in total. The molecule has 0 saturated heterocycles. The largest absolute Gasteiger partial charge is 0.365 e. The lowest BCUT2D eigenvalue weighted by Gasteiger charge is -2.03. The van der Waals surface area contributed by atoms with E-state index in [0.717, 1.165) is 25.1 Å². The Labute approximate surface area is 90.5 Å². The van der Waals surface area contributed by atoms with Gasteiger partial charge in [0.2, 0.25) is 5.91 Å². The predicted octanol–water partition coefficient (Wildman–Crippen LogP) is 0.673. The van der Waals surface area contributed by atoms with Crippen LogP contribution in [0.15, 0.2) is 18.3 Å². The Balaban J connectivity index is 2.02. The number of carbonyl (C=O) groups excluding carboxylic acids is 1. The zero-order chi connectivity index (χ0) is 10.9. The van der Waals surface area contributed by atoms with Crippen LogP contribution in [0.3, 0.4) is 0 Å². The van der Waals surface area contributed by atoms with Gasteiger partial charge in [0, 0.05) is 31.3 Å². The first kappa shape index (κ1) is 11.8. The summed E-state index contributed by atoms with van der Waals surface area (Å²) in [7, 11) is 1.89. The summed E-state index contributed by atoms with van der Waals surface area (Å²) >= 11 is 0. The van der Waals surface area contributed by atoms with Gasteiger partial charge < -0.3 is 15.6 Å². The van der Waals surface area contributed by atoms with Crippen LogP contribution in [0, 0.1) is 0 Å². The maximum absolute atomic E-state index is 11.3. The van der Waals surface area contributed by atoms with Gasteiger partial charge in [0.05, 0.1) is 0 Å². The molecule has 84 valence electrons. The lowest BCUT2D eigenvalue weighted by molar-refractivity contribution is -0.121. The van der Waals surface area contributed by atoms with Crippen molar-refractivity contribution in [2.75, 3.05) is 20.1 Å². The second-order valence-electron chi connectivity index (χ2n) is 3.50. The third kappa shape index (κ3) is 5.22. The van der Waals surface area contributed by atoms with Crippen molar-refractivity contribution in [2.45, 2.75) is 19.3 Å². The van der Waals surface area contributed by atoms with Crippen molar-refractivity contribution in [2.24, 2.45) is 0 Å². The fourth-order valence-corrected chi connectivity index (χ4v) is 1.37. The molecular weight excluding hydrogens is 190 g/mol. The highest BCUT2D eigenvalue weighted by Crippen LogP contribution is 1.94. The fraction of sp³-hybridized carbons (Fsp3) is 0.545. The van der Waals surface area contributed by atoms with E-state index in [1.54, 1.807) is 0 Å². The first-order chi connectivity index (χ1) is 7.33. The number of amides is 1. The first-order valence-corrected chi connectivity index (χ1v) is 5.36. The minimum Gasteiger partial charge on any atom is -0.365 e. The van der Waals surface area contributed by atoms with E-state index in [2.05, 4.69) is 15.6 Å². The number of aromatic nitrogens is 1. The zero-order valence-corrected chi connectivity index (χ0v) is 9.18. The van der Waals surface area contributed by atoms with Crippen LogP contribution in [-0.2, 0) is 11.2 Å². The summed E-state index contributed by atoms with van der Waals surface area (Å²) in [6.07, 6.45) is 4.26. The second kappa shape index (κ2) is 7.06. The molecule has 0 bridgehead atoms. The standard InChI is InChI=1S/C11H19N3O/c1-12-7-3-5-11(15)14-9-6-10-4-2-8-13-10/h2,4,8,12-13H,3,5-7,9H2,1H3,(H,14,15). The summed E-state index contributed by atoms with van der Waals surface area (Å²) in [6.45, 7) is 1.60. The molecule has 1 heterocycles. The molecule has 15 heavy (non-hydrogen) atoms. The highest BCUT2D eigenvalue weighted by atomic mass is 16.1. The Morgan fingerprint density at radius 2 is 2.33 bits per heavy atom. The number of nitrogens with one attached hydrogen (secondary N) is 3. The molecule has 0 fully saturated rings. The van der Waals surface area contributed by atoms with Gasteiger partial charge in [0.1, 0.15) is 0 Å². The number of H-pyrrole nitrogens is 1. The number of aromatic amines is 1. The third-order valence-electron chi connectivity index (χ3n) is 2.21. The molecule has 4 nitrogen and oxygen atoms in total. The molecule has 0 aliphatic rings. The second-order valence-corrected chi connectivity index (χ2v) is 3.50. The quantitative estimate of drug-likeness (QED) is 0.578. The van der Waals surface area contributed by atoms with Gasteiger partial charge >= 0.3 is 0 Å². The molecule has 0 aliphatic carbocycles. The first-order valence-electron chi connectivity index (χ1n) is 5.36. The molecular formula is C11H19N3O. The molecule has 1 aromatic rings. The van der Waals surface area contributed by atoms with Gasteiger partial charge in [-0.1, -0.05) is 0 Å². The molecule has 0 radical (unpaired) electrons. The SMILES string of the molecule is CNCCCC(=O)NCCc1ccc[nH]1. The van der Waals surface area contributed by atoms with Crippen LogP contribution in [0.5, 0.6) is 0 Å². The highest BCUT2D eigenvalue weighted by molar-refractivity contribution is 5.75. The summed E-state index contributed by atoms with van der Waals surface area (Å²) < 4.78 is 0. The van der Waals surface area contributed by atoms with Crippen molar-refractivity contribution in [1.82, 2.24) is 15.6 Å². The Morgan fingerprint density at radius 1 is 1.47 bits per heavy atom. The number of hydrogen-bond acceptors (Lipinski definition) is 2. The van der Waals surface area contributed by atoms with Gasteiger partial charge in [-0.3, -0.25) is 4.79 Å². The van der Waals surface area contributed by atoms with Crippen LogP contribution < -0.4 is 10.6 Å². The number of rotatable bonds is 7. The number of carbonyl (C=O) groups is 1. The van der Waals surface area contributed by atoms with Gasteiger partial charge in [-0.25, -0.2) is 0 Å². The monoisotopic (exact) mass is 209 g/mol. The van der Waals surface area contributed by atoms with Crippen molar-refractivity contribution in [3.05, 3.63) is 24.0 Å². The van der Waals surface area contributed by atoms with Crippen LogP contribution in [0.25, 0.3) is 0 Å². The van der Waals surface area contributed by atoms with E-state index in [4.69, 9.17) is 0 Å². The Kier molecular flexibility index (Phi) is 5.55. The van der Waals surface area contributed by atoms with Crippen LogP contribution >= 0.6 is 0 Å². The average Bonchev–Trinajstić information content (AvgIpc) is 2.71. The van der Waals surface area contributed by atoms with Crippen molar-refractivity contribution < 1.29 is 4.79 Å². The average molecular weight is 209 g/mol. The summed E-state index contributed by atoms with van der Waals surface area (Å²) in [5.74, 6) is 0.136. The topological polar surface area (TPSA) is 56.9 Å². The van der Waals surface area contributed by atoms with E-state index in [1.807, 2.05) is 25.4 Å². The van der Waals surface area contributed by atoms with Crippen molar-refractivity contribution in [1.29, 1.82) is 0 Å². The summed E-state index contributed by atoms with van der Waals surface area (Å²) in [6, 6.07) is 3.98. The van der Waals surface area contributed by atoms with Crippen molar-refractivity contribution in [3.63, 3.8) is 0 Å². The lowest BCUT2D eigenvalue weighted by atomic mass is 10.2. The molecule has 0 unspecified atom stereocenters. The molecule has 1 amide bonds. The van der Waals surface area contributed by atoms with E-state index in [0.29, 0.717) is 13.0 Å². The van der Waals surface area contributed by atoms with E-state index in [-0.39, 0.29) is 5.91 Å². The lowest BCUT2D eigenvalue weighted by Crippen LogP contribution is -2.26. The van der Waals surface area contributed by atoms with E-state index < -0.39 is 0 Å². The van der Waals surface area contributed by atoms with Crippen molar-refractivity contribution >= 4 is 5.91 Å². The van der Waals surface area contributed by atoms with Gasteiger partial charge in [-0.05, 0) is 32.1 Å². The summed E-state index contributed by atoms with van der Waals surface area (Å²) in [5, 5.41) is 5.91. The molecule has 0 spiro atoms. The fourth-order valence-electron chi connectivity index (χ4n) is 1.37. The maximum Gasteiger partial charge on any atom is 0.220 e. The molecule has 4 heteroatoms. The molecule has 0 saturated carbocycles. The van der Waals surface area contributed by atoms with Crippen LogP contribution in [0.4, 0.5) is 0 Å². The van der Waals surface area contributed by atoms with Crippen molar-refractivity contribution in [3.8, 4) is 0 Å². The van der Waals surface area contributed by atoms with E-state index in [9.17, 15) is 4.79 Å². The molecule has 0 atom stereocenters. The van der Waals surface area contributed by atoms with Gasteiger partial charge in [0.25, 0.3) is 0 Å². The van der Waals surface area contributed by atoms with Gasteiger partial charge in [0.15, 0.2) is 0 Å². The Hall–Kier alpha value is -1.29. The highest BCUT2D eigenvalue weighted by Gasteiger charge is 1.99.